The Morgan fingerprint density at radius 1 is 1.43 bits per heavy atom. The van der Waals surface area contributed by atoms with Crippen LogP contribution in [0.5, 0.6) is 0 Å². The monoisotopic (exact) mass is 213 g/mol. The third-order valence-electron chi connectivity index (χ3n) is 1.83. The van der Waals surface area contributed by atoms with Gasteiger partial charge < -0.3 is 5.11 Å². The van der Waals surface area contributed by atoms with E-state index in [0.717, 1.165) is 0 Å². The number of para-hydroxylation sites is 1. The van der Waals surface area contributed by atoms with Crippen molar-refractivity contribution < 1.29 is 9.90 Å². The van der Waals surface area contributed by atoms with Gasteiger partial charge in [0.2, 0.25) is 0 Å². The van der Waals surface area contributed by atoms with Gasteiger partial charge in [-0.25, -0.2) is 4.79 Å². The normalized spacial score (nSPS) is 10.3. The molecule has 0 spiro atoms. The van der Waals surface area contributed by atoms with Gasteiger partial charge in [-0.1, -0.05) is 23.7 Å². The van der Waals surface area contributed by atoms with E-state index >= 15 is 0 Å². The Kier molecular flexibility index (Phi) is 3.36. The van der Waals surface area contributed by atoms with Crippen molar-refractivity contribution in [1.82, 2.24) is 0 Å². The smallest absolute Gasteiger partial charge is 0.412 e. The highest BCUT2D eigenvalue weighted by Crippen LogP contribution is 2.26. The first-order valence-corrected chi connectivity index (χ1v) is 4.68. The Morgan fingerprint density at radius 3 is 2.43 bits per heavy atom. The van der Waals surface area contributed by atoms with Crippen LogP contribution >= 0.6 is 11.6 Å². The van der Waals surface area contributed by atoms with Crippen molar-refractivity contribution in [2.45, 2.75) is 19.9 Å². The fourth-order valence-electron chi connectivity index (χ4n) is 1.25. The van der Waals surface area contributed by atoms with Crippen LogP contribution in [0.3, 0.4) is 0 Å². The number of hydrogen-bond acceptors (Lipinski definition) is 1. The maximum absolute atomic E-state index is 11.0. The van der Waals surface area contributed by atoms with Gasteiger partial charge in [0.1, 0.15) is 0 Å². The van der Waals surface area contributed by atoms with Crippen LogP contribution in [0.4, 0.5) is 10.5 Å². The van der Waals surface area contributed by atoms with Gasteiger partial charge >= 0.3 is 6.09 Å². The third-order valence-corrected chi connectivity index (χ3v) is 2.15. The number of carboxylic acid groups (broad SMARTS) is 1. The number of rotatable bonds is 2. The van der Waals surface area contributed by atoms with Gasteiger partial charge in [0.15, 0.2) is 0 Å². The summed E-state index contributed by atoms with van der Waals surface area (Å²) in [6.07, 6.45) is -0.992. The average molecular weight is 214 g/mol. The molecule has 0 aliphatic carbocycles. The highest BCUT2D eigenvalue weighted by Gasteiger charge is 2.19. The van der Waals surface area contributed by atoms with Crippen molar-refractivity contribution in [2.24, 2.45) is 0 Å². The maximum atomic E-state index is 11.0. The summed E-state index contributed by atoms with van der Waals surface area (Å²) in [4.78, 5) is 12.2. The van der Waals surface area contributed by atoms with Crippen molar-refractivity contribution in [2.75, 3.05) is 4.90 Å². The van der Waals surface area contributed by atoms with E-state index in [4.69, 9.17) is 16.7 Å². The molecular weight excluding hydrogens is 202 g/mol. The molecule has 1 N–H and O–H groups in total. The van der Waals surface area contributed by atoms with Gasteiger partial charge in [-0.05, 0) is 26.0 Å². The summed E-state index contributed by atoms with van der Waals surface area (Å²) in [5.41, 5.74) is 0.525. The first-order valence-electron chi connectivity index (χ1n) is 4.30. The zero-order chi connectivity index (χ0) is 10.7. The fourth-order valence-corrected chi connectivity index (χ4v) is 1.48. The van der Waals surface area contributed by atoms with E-state index < -0.39 is 6.09 Å². The Hall–Kier alpha value is -1.22. The maximum Gasteiger partial charge on any atom is 0.412 e. The molecule has 0 fully saturated rings. The van der Waals surface area contributed by atoms with Crippen LogP contribution in [0.1, 0.15) is 13.8 Å². The summed E-state index contributed by atoms with van der Waals surface area (Å²) in [7, 11) is 0. The van der Waals surface area contributed by atoms with Crippen molar-refractivity contribution in [1.29, 1.82) is 0 Å². The van der Waals surface area contributed by atoms with E-state index in [1.54, 1.807) is 38.1 Å². The Labute approximate surface area is 87.9 Å². The molecule has 76 valence electrons. The van der Waals surface area contributed by atoms with Crippen molar-refractivity contribution in [3.05, 3.63) is 29.3 Å². The zero-order valence-corrected chi connectivity index (χ0v) is 8.82. The molecule has 1 amide bonds. The summed E-state index contributed by atoms with van der Waals surface area (Å²) in [6.45, 7) is 3.61. The molecule has 0 aliphatic heterocycles. The number of carbonyl (C=O) groups is 1. The lowest BCUT2D eigenvalue weighted by Crippen LogP contribution is -2.35. The molecule has 14 heavy (non-hydrogen) atoms. The quantitative estimate of drug-likeness (QED) is 0.820. The van der Waals surface area contributed by atoms with Crippen LogP contribution in [0.15, 0.2) is 24.3 Å². The van der Waals surface area contributed by atoms with Gasteiger partial charge in [0.05, 0.1) is 10.7 Å². The lowest BCUT2D eigenvalue weighted by molar-refractivity contribution is 0.200. The molecule has 0 saturated heterocycles. The third kappa shape index (κ3) is 2.17. The largest absolute Gasteiger partial charge is 0.465 e. The van der Waals surface area contributed by atoms with Gasteiger partial charge in [-0.3, -0.25) is 4.90 Å². The molecule has 0 unspecified atom stereocenters. The van der Waals surface area contributed by atoms with Crippen LogP contribution < -0.4 is 4.90 Å². The molecule has 0 bridgehead atoms. The number of amides is 1. The molecule has 0 aliphatic rings. The molecule has 0 radical (unpaired) electrons. The van der Waals surface area contributed by atoms with E-state index in [2.05, 4.69) is 0 Å². The minimum atomic E-state index is -0.992. The van der Waals surface area contributed by atoms with Crippen molar-refractivity contribution >= 4 is 23.4 Å². The van der Waals surface area contributed by atoms with Gasteiger partial charge in [-0.2, -0.15) is 0 Å². The molecule has 1 aromatic rings. The summed E-state index contributed by atoms with van der Waals surface area (Å²) < 4.78 is 0. The van der Waals surface area contributed by atoms with Crippen LogP contribution in [-0.2, 0) is 0 Å². The van der Waals surface area contributed by atoms with Crippen LogP contribution in [0.25, 0.3) is 0 Å². The van der Waals surface area contributed by atoms with E-state index in [-0.39, 0.29) is 6.04 Å². The second kappa shape index (κ2) is 4.33. The molecule has 0 atom stereocenters. The van der Waals surface area contributed by atoms with Crippen LogP contribution in [-0.4, -0.2) is 17.2 Å². The average Bonchev–Trinajstić information content (AvgIpc) is 2.07. The Bertz CT molecular complexity index is 339. The van der Waals surface area contributed by atoms with E-state index in [9.17, 15) is 4.79 Å². The molecule has 1 rings (SSSR count). The minimum absolute atomic E-state index is 0.132. The Morgan fingerprint density at radius 2 is 2.00 bits per heavy atom. The molecule has 4 heteroatoms. The van der Waals surface area contributed by atoms with E-state index in [0.29, 0.717) is 10.7 Å². The fraction of sp³-hybridized carbons (Fsp3) is 0.300. The number of anilines is 1. The van der Waals surface area contributed by atoms with E-state index in [1.165, 1.54) is 4.90 Å². The van der Waals surface area contributed by atoms with Crippen molar-refractivity contribution in [3.63, 3.8) is 0 Å². The molecule has 3 nitrogen and oxygen atoms in total. The predicted molar refractivity (Wildman–Crippen MR) is 57.1 cm³/mol. The lowest BCUT2D eigenvalue weighted by atomic mass is 10.2. The van der Waals surface area contributed by atoms with Crippen LogP contribution in [0, 0.1) is 0 Å². The van der Waals surface area contributed by atoms with E-state index in [1.807, 2.05) is 0 Å². The van der Waals surface area contributed by atoms with Crippen LogP contribution in [0.2, 0.25) is 5.02 Å². The summed E-state index contributed by atoms with van der Waals surface area (Å²) >= 11 is 5.90. The molecule has 0 aromatic heterocycles. The van der Waals surface area contributed by atoms with Crippen molar-refractivity contribution in [3.8, 4) is 0 Å². The van der Waals surface area contributed by atoms with Gasteiger partial charge in [-0.15, -0.1) is 0 Å². The number of benzene rings is 1. The van der Waals surface area contributed by atoms with Gasteiger partial charge in [0.25, 0.3) is 0 Å². The SMILES string of the molecule is CC(C)N(C(=O)O)c1ccccc1Cl. The predicted octanol–water partition coefficient (Wildman–Crippen LogP) is 3.23. The number of hydrogen-bond donors (Lipinski definition) is 1. The standard InChI is InChI=1S/C10H12ClNO2/c1-7(2)12(10(13)14)9-6-4-3-5-8(9)11/h3-7H,1-2H3,(H,13,14). The minimum Gasteiger partial charge on any atom is -0.465 e. The topological polar surface area (TPSA) is 40.5 Å². The molecule has 0 heterocycles. The molecule has 1 aromatic carbocycles. The first kappa shape index (κ1) is 10.9. The summed E-state index contributed by atoms with van der Waals surface area (Å²) in [5, 5.41) is 9.44. The summed E-state index contributed by atoms with van der Waals surface area (Å²) in [5.74, 6) is 0. The Balaban J connectivity index is 3.12. The highest BCUT2D eigenvalue weighted by molar-refractivity contribution is 6.33. The second-order valence-corrected chi connectivity index (χ2v) is 3.60. The first-order chi connectivity index (χ1) is 6.54. The highest BCUT2D eigenvalue weighted by atomic mass is 35.5. The van der Waals surface area contributed by atoms with Gasteiger partial charge in [0, 0.05) is 6.04 Å². The number of nitrogens with zero attached hydrogens (tertiary/aromatic N) is 1. The zero-order valence-electron chi connectivity index (χ0n) is 8.07. The molecule has 0 saturated carbocycles. The second-order valence-electron chi connectivity index (χ2n) is 3.20. The summed E-state index contributed by atoms with van der Waals surface area (Å²) in [6, 6.07) is 6.77. The lowest BCUT2D eigenvalue weighted by Gasteiger charge is -2.24. The molecular formula is C10H12ClNO2. The number of halogens is 1.